The molecule has 4 nitrogen and oxygen atoms in total. The highest BCUT2D eigenvalue weighted by Crippen LogP contribution is 2.26. The zero-order valence-corrected chi connectivity index (χ0v) is 14.6. The largest absolute Gasteiger partial charge is 0.460 e. The summed E-state index contributed by atoms with van der Waals surface area (Å²) >= 11 is 0. The first-order chi connectivity index (χ1) is 12.2. The van der Waals surface area contributed by atoms with Crippen LogP contribution in [0.3, 0.4) is 0 Å². The molecule has 0 radical (unpaired) electrons. The third-order valence-electron chi connectivity index (χ3n) is 5.79. The molecule has 2 heterocycles. The molecule has 1 aliphatic heterocycles. The monoisotopic (exact) mass is 346 g/mol. The Morgan fingerprint density at radius 1 is 1.12 bits per heavy atom. The summed E-state index contributed by atoms with van der Waals surface area (Å²) in [5.74, 6) is 0.621. The summed E-state index contributed by atoms with van der Waals surface area (Å²) in [7, 11) is 0. The van der Waals surface area contributed by atoms with E-state index in [1.54, 1.807) is 6.07 Å². The van der Waals surface area contributed by atoms with Crippen LogP contribution < -0.4 is 5.32 Å². The first kappa shape index (κ1) is 17.0. The van der Waals surface area contributed by atoms with Gasteiger partial charge in [-0.15, -0.1) is 0 Å². The molecule has 1 saturated heterocycles. The number of hydrogen-bond acceptors (Lipinski definition) is 4. The summed E-state index contributed by atoms with van der Waals surface area (Å²) in [6, 6.07) is 7.37. The number of fused-ring (bicyclic) bond motifs is 1. The summed E-state index contributed by atoms with van der Waals surface area (Å²) < 4.78 is 19.0. The fourth-order valence-corrected chi connectivity index (χ4v) is 4.35. The van der Waals surface area contributed by atoms with Crippen molar-refractivity contribution in [2.24, 2.45) is 0 Å². The highest BCUT2D eigenvalue weighted by atomic mass is 19.1. The Hall–Kier alpha value is -1.43. The van der Waals surface area contributed by atoms with Crippen molar-refractivity contribution < 1.29 is 13.9 Å². The average molecular weight is 346 g/mol. The van der Waals surface area contributed by atoms with Crippen LogP contribution in [-0.4, -0.2) is 41.3 Å². The van der Waals surface area contributed by atoms with Gasteiger partial charge in [-0.2, -0.15) is 0 Å². The second-order valence-corrected chi connectivity index (χ2v) is 7.51. The number of furan rings is 1. The second kappa shape index (κ2) is 7.44. The summed E-state index contributed by atoms with van der Waals surface area (Å²) in [6.07, 6.45) is 6.54. The molecule has 25 heavy (non-hydrogen) atoms. The molecule has 0 bridgehead atoms. The minimum Gasteiger partial charge on any atom is -0.460 e. The minimum atomic E-state index is -0.231. The molecule has 5 heteroatoms. The molecular formula is C20H27FN2O2. The van der Waals surface area contributed by atoms with Crippen LogP contribution in [-0.2, 0) is 6.54 Å². The Morgan fingerprint density at radius 2 is 1.92 bits per heavy atom. The predicted molar refractivity (Wildman–Crippen MR) is 95.9 cm³/mol. The maximum Gasteiger partial charge on any atom is 0.134 e. The van der Waals surface area contributed by atoms with Crippen molar-refractivity contribution in [1.29, 1.82) is 0 Å². The molecule has 2 unspecified atom stereocenters. The van der Waals surface area contributed by atoms with Gasteiger partial charge >= 0.3 is 0 Å². The van der Waals surface area contributed by atoms with E-state index in [4.69, 9.17) is 4.42 Å². The third kappa shape index (κ3) is 3.89. The van der Waals surface area contributed by atoms with E-state index >= 15 is 0 Å². The van der Waals surface area contributed by atoms with Crippen molar-refractivity contribution in [3.05, 3.63) is 35.8 Å². The smallest absolute Gasteiger partial charge is 0.134 e. The van der Waals surface area contributed by atoms with Gasteiger partial charge in [-0.05, 0) is 49.9 Å². The number of halogens is 1. The average Bonchev–Trinajstić information content (AvgIpc) is 3.03. The second-order valence-electron chi connectivity index (χ2n) is 7.51. The van der Waals surface area contributed by atoms with Gasteiger partial charge in [0.25, 0.3) is 0 Å². The molecule has 136 valence electrons. The van der Waals surface area contributed by atoms with E-state index in [2.05, 4.69) is 10.2 Å². The lowest BCUT2D eigenvalue weighted by Gasteiger charge is -2.41. The maximum atomic E-state index is 13.3. The van der Waals surface area contributed by atoms with Crippen LogP contribution in [0, 0.1) is 5.82 Å². The molecule has 2 atom stereocenters. The molecule has 0 spiro atoms. The number of piperidine rings is 1. The van der Waals surface area contributed by atoms with E-state index in [1.165, 1.54) is 18.6 Å². The Bertz CT molecular complexity index is 709. The van der Waals surface area contributed by atoms with Gasteiger partial charge in [0.15, 0.2) is 0 Å². The molecule has 1 aliphatic carbocycles. The van der Waals surface area contributed by atoms with Crippen LogP contribution in [0.15, 0.2) is 28.7 Å². The van der Waals surface area contributed by atoms with E-state index in [-0.39, 0.29) is 11.9 Å². The van der Waals surface area contributed by atoms with Crippen LogP contribution in [0.5, 0.6) is 0 Å². The van der Waals surface area contributed by atoms with E-state index in [9.17, 15) is 9.50 Å². The molecule has 2 aromatic rings. The number of aliphatic hydroxyl groups is 1. The summed E-state index contributed by atoms with van der Waals surface area (Å²) in [4.78, 5) is 2.48. The number of nitrogens with one attached hydrogen (secondary N) is 1. The molecular weight excluding hydrogens is 319 g/mol. The molecule has 2 N–H and O–H groups in total. The van der Waals surface area contributed by atoms with Crippen molar-refractivity contribution in [2.45, 2.75) is 63.3 Å². The molecule has 4 rings (SSSR count). The Balaban J connectivity index is 1.28. The number of benzene rings is 1. The topological polar surface area (TPSA) is 48.6 Å². The number of aliphatic hydroxyl groups excluding tert-OH is 1. The lowest BCUT2D eigenvalue weighted by Crippen LogP contribution is -2.51. The summed E-state index contributed by atoms with van der Waals surface area (Å²) in [5.41, 5.74) is 0.735. The van der Waals surface area contributed by atoms with Crippen LogP contribution in [0.25, 0.3) is 11.0 Å². The van der Waals surface area contributed by atoms with Crippen LogP contribution in [0.1, 0.15) is 44.3 Å². The number of likely N-dealkylation sites (tertiary alicyclic amines) is 1. The SMILES string of the molecule is OC1CCCCC1N1CCC(NCc2cc3cc(F)ccc3o2)CC1. The molecule has 2 fully saturated rings. The molecule has 0 amide bonds. The summed E-state index contributed by atoms with van der Waals surface area (Å²) in [5, 5.41) is 14.6. The highest BCUT2D eigenvalue weighted by Gasteiger charge is 2.31. The number of rotatable bonds is 4. The first-order valence-electron chi connectivity index (χ1n) is 9.52. The molecule has 1 aromatic carbocycles. The third-order valence-corrected chi connectivity index (χ3v) is 5.79. The normalized spacial score (nSPS) is 26.3. The van der Waals surface area contributed by atoms with E-state index in [1.807, 2.05) is 6.07 Å². The predicted octanol–water partition coefficient (Wildman–Crippen LogP) is 3.43. The quantitative estimate of drug-likeness (QED) is 0.890. The zero-order valence-electron chi connectivity index (χ0n) is 14.6. The van der Waals surface area contributed by atoms with Gasteiger partial charge in [0.2, 0.25) is 0 Å². The van der Waals surface area contributed by atoms with Gasteiger partial charge in [0.05, 0.1) is 12.6 Å². The molecule has 1 aromatic heterocycles. The van der Waals surface area contributed by atoms with Gasteiger partial charge in [0, 0.05) is 30.6 Å². The van der Waals surface area contributed by atoms with Gasteiger partial charge in [0.1, 0.15) is 17.2 Å². The van der Waals surface area contributed by atoms with E-state index in [0.29, 0.717) is 18.6 Å². The Morgan fingerprint density at radius 3 is 2.72 bits per heavy atom. The van der Waals surface area contributed by atoms with Gasteiger partial charge in [-0.1, -0.05) is 12.8 Å². The highest BCUT2D eigenvalue weighted by molar-refractivity contribution is 5.77. The minimum absolute atomic E-state index is 0.144. The fourth-order valence-electron chi connectivity index (χ4n) is 4.35. The van der Waals surface area contributed by atoms with Crippen molar-refractivity contribution in [1.82, 2.24) is 10.2 Å². The van der Waals surface area contributed by atoms with Gasteiger partial charge in [-0.25, -0.2) is 4.39 Å². The number of nitrogens with zero attached hydrogens (tertiary/aromatic N) is 1. The molecule has 1 saturated carbocycles. The van der Waals surface area contributed by atoms with Gasteiger partial charge in [-0.3, -0.25) is 4.90 Å². The first-order valence-corrected chi connectivity index (χ1v) is 9.52. The number of hydrogen-bond donors (Lipinski definition) is 2. The van der Waals surface area contributed by atoms with Crippen LogP contribution in [0.2, 0.25) is 0 Å². The van der Waals surface area contributed by atoms with E-state index in [0.717, 1.165) is 61.9 Å². The maximum absolute atomic E-state index is 13.3. The molecule has 2 aliphatic rings. The zero-order chi connectivity index (χ0) is 17.2. The summed E-state index contributed by atoms with van der Waals surface area (Å²) in [6.45, 7) is 2.77. The lowest BCUT2D eigenvalue weighted by molar-refractivity contribution is 0.00707. The standard InChI is InChI=1S/C20H27FN2O2/c21-15-5-6-20-14(11-15)12-17(25-20)13-22-16-7-9-23(10-8-16)18-3-1-2-4-19(18)24/h5-6,11-12,16,18-19,22,24H,1-4,7-10,13H2. The Labute approximate surface area is 148 Å². The lowest BCUT2D eigenvalue weighted by atomic mass is 9.89. The van der Waals surface area contributed by atoms with Crippen molar-refractivity contribution >= 4 is 11.0 Å². The van der Waals surface area contributed by atoms with Crippen LogP contribution in [0.4, 0.5) is 4.39 Å². The Kier molecular flexibility index (Phi) is 5.06. The van der Waals surface area contributed by atoms with Crippen molar-refractivity contribution in [3.63, 3.8) is 0 Å². The van der Waals surface area contributed by atoms with Crippen molar-refractivity contribution in [2.75, 3.05) is 13.1 Å². The fraction of sp³-hybridized carbons (Fsp3) is 0.600. The van der Waals surface area contributed by atoms with Crippen molar-refractivity contribution in [3.8, 4) is 0 Å². The van der Waals surface area contributed by atoms with Gasteiger partial charge < -0.3 is 14.8 Å². The van der Waals surface area contributed by atoms with E-state index < -0.39 is 0 Å². The van der Waals surface area contributed by atoms with Crippen LogP contribution >= 0.6 is 0 Å².